The van der Waals surface area contributed by atoms with E-state index in [9.17, 15) is 0 Å². The summed E-state index contributed by atoms with van der Waals surface area (Å²) < 4.78 is 0.783. The molecule has 0 fully saturated rings. The molecule has 1 atom stereocenters. The number of rotatable bonds is 9. The van der Waals surface area contributed by atoms with Crippen LogP contribution in [0.3, 0.4) is 0 Å². The fraction of sp³-hybridized carbons (Fsp3) is 0.917. The molecule has 0 heterocycles. The zero-order valence-electron chi connectivity index (χ0n) is 10.00. The largest absolute Gasteiger partial charge is 0.125 e. The minimum Gasteiger partial charge on any atom is -0.125 e. The van der Waals surface area contributed by atoms with Crippen LogP contribution in [-0.2, 0) is 0 Å². The summed E-state index contributed by atoms with van der Waals surface area (Å²) in [5.41, 5.74) is 0. The van der Waals surface area contributed by atoms with E-state index in [4.69, 9.17) is 12.2 Å². The van der Waals surface area contributed by atoms with Gasteiger partial charge in [-0.15, -0.1) is 24.4 Å². The molecule has 0 aliphatic heterocycles. The van der Waals surface area contributed by atoms with E-state index in [2.05, 4.69) is 26.5 Å². The molecule has 0 saturated heterocycles. The maximum absolute atomic E-state index is 4.95. The Kier molecular flexibility index (Phi) is 11.9. The van der Waals surface area contributed by atoms with Crippen LogP contribution in [0.4, 0.5) is 0 Å². The van der Waals surface area contributed by atoms with Crippen molar-refractivity contribution >= 4 is 40.1 Å². The minimum atomic E-state index is 0.644. The molecular weight excluding hydrogens is 240 g/mol. The number of hydrogen-bond acceptors (Lipinski definition) is 2. The van der Waals surface area contributed by atoms with Gasteiger partial charge in [0.1, 0.15) is 3.53 Å². The molecule has 0 spiro atoms. The van der Waals surface area contributed by atoms with Gasteiger partial charge in [0.25, 0.3) is 0 Å². The Morgan fingerprint density at radius 3 is 2.20 bits per heavy atom. The normalized spacial score (nSPS) is 12.7. The Morgan fingerprint density at radius 1 is 1.13 bits per heavy atom. The molecule has 0 rings (SSSR count). The summed E-state index contributed by atoms with van der Waals surface area (Å²) in [6.45, 7) is 4.50. The summed E-state index contributed by atoms with van der Waals surface area (Å²) in [7, 11) is 0. The number of thiol groups is 1. The lowest BCUT2D eigenvalue weighted by Gasteiger charge is -2.08. The fourth-order valence-corrected chi connectivity index (χ4v) is 3.28. The molecule has 0 saturated carbocycles. The van der Waals surface area contributed by atoms with Crippen LogP contribution >= 0.6 is 36.6 Å². The highest BCUT2D eigenvalue weighted by molar-refractivity contribution is 8.41. The Hall–Kier alpha value is 0.790. The van der Waals surface area contributed by atoms with Crippen LogP contribution in [0.2, 0.25) is 0 Å². The smallest absolute Gasteiger partial charge is 0.101 e. The molecule has 0 aromatic heterocycles. The second-order valence-corrected chi connectivity index (χ2v) is 7.27. The van der Waals surface area contributed by atoms with Crippen LogP contribution < -0.4 is 0 Å². The van der Waals surface area contributed by atoms with E-state index < -0.39 is 0 Å². The average molecular weight is 265 g/mol. The van der Waals surface area contributed by atoms with Gasteiger partial charge in [0.15, 0.2) is 0 Å². The quantitative estimate of drug-likeness (QED) is 0.333. The number of hydrogen-bond donors (Lipinski definition) is 1. The van der Waals surface area contributed by atoms with E-state index >= 15 is 0 Å². The summed E-state index contributed by atoms with van der Waals surface area (Å²) in [6.07, 6.45) is 11.0. The van der Waals surface area contributed by atoms with Gasteiger partial charge < -0.3 is 0 Å². The lowest BCUT2D eigenvalue weighted by atomic mass is 10.1. The van der Waals surface area contributed by atoms with Crippen molar-refractivity contribution in [1.29, 1.82) is 0 Å². The molecule has 0 radical (unpaired) electrons. The molecule has 0 aromatic rings. The first-order chi connectivity index (χ1) is 7.16. The SMILES string of the molecule is CCCCCCCCCC(C)SC(=S)S. The molecule has 0 aliphatic rings. The average Bonchev–Trinajstić information content (AvgIpc) is 2.15. The fourth-order valence-electron chi connectivity index (χ4n) is 1.62. The van der Waals surface area contributed by atoms with E-state index in [1.54, 1.807) is 11.8 Å². The van der Waals surface area contributed by atoms with E-state index in [-0.39, 0.29) is 0 Å². The van der Waals surface area contributed by atoms with E-state index in [1.165, 1.54) is 51.4 Å². The third-order valence-electron chi connectivity index (χ3n) is 2.52. The van der Waals surface area contributed by atoms with Crippen LogP contribution in [0.25, 0.3) is 0 Å². The van der Waals surface area contributed by atoms with Gasteiger partial charge in [-0.1, -0.05) is 71.0 Å². The summed E-state index contributed by atoms with van der Waals surface area (Å²) in [5, 5.41) is 0.644. The predicted molar refractivity (Wildman–Crippen MR) is 81.2 cm³/mol. The zero-order valence-corrected chi connectivity index (χ0v) is 12.5. The Morgan fingerprint density at radius 2 is 1.67 bits per heavy atom. The zero-order chi connectivity index (χ0) is 11.5. The first-order valence-corrected chi connectivity index (χ1v) is 7.80. The van der Waals surface area contributed by atoms with Crippen molar-refractivity contribution in [3.05, 3.63) is 0 Å². The van der Waals surface area contributed by atoms with Crippen molar-refractivity contribution in [2.24, 2.45) is 0 Å². The summed E-state index contributed by atoms with van der Waals surface area (Å²) in [4.78, 5) is 0. The van der Waals surface area contributed by atoms with Crippen LogP contribution in [0, 0.1) is 0 Å². The van der Waals surface area contributed by atoms with E-state index in [0.29, 0.717) is 5.25 Å². The van der Waals surface area contributed by atoms with Gasteiger partial charge >= 0.3 is 0 Å². The van der Waals surface area contributed by atoms with Crippen molar-refractivity contribution in [2.45, 2.75) is 70.5 Å². The highest BCUT2D eigenvalue weighted by atomic mass is 32.2. The highest BCUT2D eigenvalue weighted by Gasteiger charge is 2.03. The molecule has 1 unspecified atom stereocenters. The molecule has 0 amide bonds. The van der Waals surface area contributed by atoms with Crippen LogP contribution in [-0.4, -0.2) is 8.78 Å². The molecule has 90 valence electrons. The van der Waals surface area contributed by atoms with Gasteiger partial charge in [0.05, 0.1) is 0 Å². The molecule has 0 aromatic carbocycles. The number of thiocarbonyl (C=S) groups is 1. The molecule has 0 N–H and O–H groups in total. The number of unbranched alkanes of at least 4 members (excludes halogenated alkanes) is 6. The lowest BCUT2D eigenvalue weighted by Crippen LogP contribution is -1.97. The van der Waals surface area contributed by atoms with Crippen molar-refractivity contribution in [3.8, 4) is 0 Å². The highest BCUT2D eigenvalue weighted by Crippen LogP contribution is 2.21. The minimum absolute atomic E-state index is 0.644. The first kappa shape index (κ1) is 15.8. The second kappa shape index (κ2) is 11.3. The van der Waals surface area contributed by atoms with E-state index in [1.807, 2.05) is 0 Å². The standard InChI is InChI=1S/C12H24S3/c1-3-4-5-6-7-8-9-10-11(2)15-12(13)14/h11H,3-10H2,1-2H3,(H,13,14). The maximum atomic E-state index is 4.95. The third-order valence-corrected chi connectivity index (χ3v) is 3.96. The van der Waals surface area contributed by atoms with Crippen molar-refractivity contribution in [2.75, 3.05) is 0 Å². The summed E-state index contributed by atoms with van der Waals surface area (Å²) in [6, 6.07) is 0. The summed E-state index contributed by atoms with van der Waals surface area (Å²) in [5.74, 6) is 0. The van der Waals surface area contributed by atoms with Crippen LogP contribution in [0.1, 0.15) is 65.2 Å². The van der Waals surface area contributed by atoms with Crippen molar-refractivity contribution in [1.82, 2.24) is 0 Å². The monoisotopic (exact) mass is 264 g/mol. The predicted octanol–water partition coefficient (Wildman–Crippen LogP) is 5.46. The Labute approximate surface area is 110 Å². The Bertz CT molecular complexity index is 157. The van der Waals surface area contributed by atoms with Gasteiger partial charge in [-0.2, -0.15) is 0 Å². The van der Waals surface area contributed by atoms with Gasteiger partial charge in [-0.3, -0.25) is 0 Å². The van der Waals surface area contributed by atoms with Crippen LogP contribution in [0.15, 0.2) is 0 Å². The van der Waals surface area contributed by atoms with Gasteiger partial charge in [0.2, 0.25) is 0 Å². The summed E-state index contributed by atoms with van der Waals surface area (Å²) >= 11 is 10.8. The molecule has 3 heteroatoms. The topological polar surface area (TPSA) is 0 Å². The Balaban J connectivity index is 3.13. The molecule has 0 aliphatic carbocycles. The number of thioether (sulfide) groups is 1. The molecule has 15 heavy (non-hydrogen) atoms. The third kappa shape index (κ3) is 12.7. The second-order valence-electron chi connectivity index (χ2n) is 4.10. The van der Waals surface area contributed by atoms with Crippen LogP contribution in [0.5, 0.6) is 0 Å². The van der Waals surface area contributed by atoms with Gasteiger partial charge in [0, 0.05) is 5.25 Å². The maximum Gasteiger partial charge on any atom is 0.101 e. The first-order valence-electron chi connectivity index (χ1n) is 6.06. The van der Waals surface area contributed by atoms with E-state index in [0.717, 1.165) is 3.53 Å². The lowest BCUT2D eigenvalue weighted by molar-refractivity contribution is 0.575. The van der Waals surface area contributed by atoms with Gasteiger partial charge in [-0.05, 0) is 6.42 Å². The molecule has 0 nitrogen and oxygen atoms in total. The van der Waals surface area contributed by atoms with Crippen molar-refractivity contribution < 1.29 is 0 Å². The molecule has 0 bridgehead atoms. The van der Waals surface area contributed by atoms with Gasteiger partial charge in [-0.25, -0.2) is 0 Å². The van der Waals surface area contributed by atoms with Crippen molar-refractivity contribution in [3.63, 3.8) is 0 Å². The molecular formula is C12H24S3.